The standard InChI is InChI=1S/C18H20N2S/c1-3-14-8-9-17(21-14)18(20-4-2)16-7-5-6-13-12-19-11-10-15(13)16/h5-12,18,20H,3-4H2,1-2H3. The highest BCUT2D eigenvalue weighted by Crippen LogP contribution is 2.32. The summed E-state index contributed by atoms with van der Waals surface area (Å²) in [6.45, 7) is 5.32. The van der Waals surface area contributed by atoms with Crippen LogP contribution in [0.5, 0.6) is 0 Å². The lowest BCUT2D eigenvalue weighted by molar-refractivity contribution is 0.643. The van der Waals surface area contributed by atoms with Gasteiger partial charge < -0.3 is 5.32 Å². The molecular weight excluding hydrogens is 276 g/mol. The van der Waals surface area contributed by atoms with E-state index in [1.807, 2.05) is 23.7 Å². The summed E-state index contributed by atoms with van der Waals surface area (Å²) in [5.41, 5.74) is 1.33. The van der Waals surface area contributed by atoms with Crippen molar-refractivity contribution in [3.8, 4) is 0 Å². The van der Waals surface area contributed by atoms with Gasteiger partial charge in [-0.1, -0.05) is 32.0 Å². The van der Waals surface area contributed by atoms with Crippen LogP contribution in [0.2, 0.25) is 0 Å². The fraction of sp³-hybridized carbons (Fsp3) is 0.278. The van der Waals surface area contributed by atoms with Crippen LogP contribution in [0.4, 0.5) is 0 Å². The highest BCUT2D eigenvalue weighted by molar-refractivity contribution is 7.12. The third-order valence-corrected chi connectivity index (χ3v) is 5.04. The summed E-state index contributed by atoms with van der Waals surface area (Å²) in [7, 11) is 0. The zero-order chi connectivity index (χ0) is 14.7. The minimum atomic E-state index is 0.256. The van der Waals surface area contributed by atoms with Crippen LogP contribution >= 0.6 is 11.3 Å². The molecule has 0 bridgehead atoms. The number of fused-ring (bicyclic) bond motifs is 1. The van der Waals surface area contributed by atoms with Crippen LogP contribution in [0.3, 0.4) is 0 Å². The Morgan fingerprint density at radius 2 is 2.05 bits per heavy atom. The predicted molar refractivity (Wildman–Crippen MR) is 91.0 cm³/mol. The Labute approximate surface area is 129 Å². The van der Waals surface area contributed by atoms with Gasteiger partial charge in [0.05, 0.1) is 6.04 Å². The van der Waals surface area contributed by atoms with E-state index in [0.717, 1.165) is 13.0 Å². The van der Waals surface area contributed by atoms with E-state index >= 15 is 0 Å². The van der Waals surface area contributed by atoms with Crippen molar-refractivity contribution in [3.63, 3.8) is 0 Å². The lowest BCUT2D eigenvalue weighted by Crippen LogP contribution is -2.21. The highest BCUT2D eigenvalue weighted by atomic mass is 32.1. The highest BCUT2D eigenvalue weighted by Gasteiger charge is 2.17. The van der Waals surface area contributed by atoms with Gasteiger partial charge in [-0.2, -0.15) is 0 Å². The molecule has 2 heterocycles. The van der Waals surface area contributed by atoms with Crippen molar-refractivity contribution >= 4 is 22.1 Å². The minimum absolute atomic E-state index is 0.256. The average molecular weight is 296 g/mol. The zero-order valence-corrected chi connectivity index (χ0v) is 13.3. The molecule has 0 aliphatic heterocycles. The molecule has 1 N–H and O–H groups in total. The molecule has 0 aliphatic rings. The van der Waals surface area contributed by atoms with Crippen LogP contribution < -0.4 is 5.32 Å². The van der Waals surface area contributed by atoms with Crippen molar-refractivity contribution in [1.29, 1.82) is 0 Å². The fourth-order valence-electron chi connectivity index (χ4n) is 2.71. The molecule has 3 aromatic rings. The molecule has 0 amide bonds. The van der Waals surface area contributed by atoms with Crippen molar-refractivity contribution in [1.82, 2.24) is 10.3 Å². The monoisotopic (exact) mass is 296 g/mol. The fourth-order valence-corrected chi connectivity index (χ4v) is 3.75. The molecule has 0 radical (unpaired) electrons. The van der Waals surface area contributed by atoms with Crippen LogP contribution in [-0.2, 0) is 6.42 Å². The number of hydrogen-bond donors (Lipinski definition) is 1. The van der Waals surface area contributed by atoms with E-state index in [1.165, 1.54) is 26.1 Å². The van der Waals surface area contributed by atoms with Crippen LogP contribution in [0.25, 0.3) is 10.8 Å². The first-order valence-corrected chi connectivity index (χ1v) is 8.29. The SMILES string of the molecule is CCNC(c1ccc(CC)s1)c1cccc2cnccc12. The van der Waals surface area contributed by atoms with Gasteiger partial charge in [0.15, 0.2) is 0 Å². The predicted octanol–water partition coefficient (Wildman–Crippen LogP) is 4.56. The Hall–Kier alpha value is -1.71. The number of nitrogens with one attached hydrogen (secondary N) is 1. The summed E-state index contributed by atoms with van der Waals surface area (Å²) in [6.07, 6.45) is 4.91. The van der Waals surface area contributed by atoms with Crippen LogP contribution in [0.1, 0.15) is 35.2 Å². The summed E-state index contributed by atoms with van der Waals surface area (Å²) in [6, 6.07) is 13.4. The molecule has 2 nitrogen and oxygen atoms in total. The van der Waals surface area contributed by atoms with Gasteiger partial charge >= 0.3 is 0 Å². The number of aromatic nitrogens is 1. The number of nitrogens with zero attached hydrogens (tertiary/aromatic N) is 1. The second-order valence-electron chi connectivity index (χ2n) is 5.09. The van der Waals surface area contributed by atoms with Crippen molar-refractivity contribution in [2.24, 2.45) is 0 Å². The van der Waals surface area contributed by atoms with Gasteiger partial charge in [0, 0.05) is 27.5 Å². The molecule has 0 spiro atoms. The van der Waals surface area contributed by atoms with E-state index in [-0.39, 0.29) is 6.04 Å². The zero-order valence-electron chi connectivity index (χ0n) is 12.5. The van der Waals surface area contributed by atoms with E-state index in [1.54, 1.807) is 0 Å². The smallest absolute Gasteiger partial charge is 0.0677 e. The molecule has 3 heteroatoms. The van der Waals surface area contributed by atoms with Gasteiger partial charge in [-0.05, 0) is 42.1 Å². The minimum Gasteiger partial charge on any atom is -0.306 e. The third kappa shape index (κ3) is 2.85. The van der Waals surface area contributed by atoms with E-state index in [4.69, 9.17) is 0 Å². The summed E-state index contributed by atoms with van der Waals surface area (Å²) in [4.78, 5) is 7.06. The quantitative estimate of drug-likeness (QED) is 0.746. The molecule has 0 fully saturated rings. The van der Waals surface area contributed by atoms with Crippen molar-refractivity contribution in [2.75, 3.05) is 6.54 Å². The second-order valence-corrected chi connectivity index (χ2v) is 6.29. The average Bonchev–Trinajstić information content (AvgIpc) is 3.01. The van der Waals surface area contributed by atoms with E-state index in [0.29, 0.717) is 0 Å². The maximum Gasteiger partial charge on any atom is 0.0677 e. The van der Waals surface area contributed by atoms with Gasteiger partial charge in [0.25, 0.3) is 0 Å². The summed E-state index contributed by atoms with van der Waals surface area (Å²) < 4.78 is 0. The maximum atomic E-state index is 4.23. The van der Waals surface area contributed by atoms with Crippen LogP contribution in [-0.4, -0.2) is 11.5 Å². The largest absolute Gasteiger partial charge is 0.306 e. The van der Waals surface area contributed by atoms with Crippen LogP contribution in [0, 0.1) is 0 Å². The number of pyridine rings is 1. The van der Waals surface area contributed by atoms with Crippen molar-refractivity contribution in [3.05, 3.63) is 64.1 Å². The van der Waals surface area contributed by atoms with Crippen LogP contribution in [0.15, 0.2) is 48.8 Å². The lowest BCUT2D eigenvalue weighted by Gasteiger charge is -2.19. The van der Waals surface area contributed by atoms with Gasteiger partial charge in [-0.15, -0.1) is 11.3 Å². The molecule has 0 aliphatic carbocycles. The molecule has 21 heavy (non-hydrogen) atoms. The van der Waals surface area contributed by atoms with E-state index < -0.39 is 0 Å². The van der Waals surface area contributed by atoms with Gasteiger partial charge in [-0.25, -0.2) is 0 Å². The van der Waals surface area contributed by atoms with Gasteiger partial charge in [-0.3, -0.25) is 4.98 Å². The Bertz CT molecular complexity index is 727. The van der Waals surface area contributed by atoms with Gasteiger partial charge in [0.2, 0.25) is 0 Å². The number of benzene rings is 1. The Balaban J connectivity index is 2.11. The van der Waals surface area contributed by atoms with E-state index in [2.05, 4.69) is 60.5 Å². The molecule has 1 aromatic carbocycles. The van der Waals surface area contributed by atoms with Crippen molar-refractivity contribution in [2.45, 2.75) is 26.3 Å². The molecule has 2 aromatic heterocycles. The summed E-state index contributed by atoms with van der Waals surface area (Å²) >= 11 is 1.91. The Morgan fingerprint density at radius 3 is 2.81 bits per heavy atom. The molecule has 1 unspecified atom stereocenters. The Morgan fingerprint density at radius 1 is 1.14 bits per heavy atom. The number of hydrogen-bond acceptors (Lipinski definition) is 3. The number of aryl methyl sites for hydroxylation is 1. The third-order valence-electron chi connectivity index (χ3n) is 3.75. The molecule has 3 rings (SSSR count). The molecule has 108 valence electrons. The first kappa shape index (κ1) is 14.2. The topological polar surface area (TPSA) is 24.9 Å². The molecule has 1 atom stereocenters. The number of rotatable bonds is 5. The van der Waals surface area contributed by atoms with Gasteiger partial charge in [0.1, 0.15) is 0 Å². The Kier molecular flexibility index (Phi) is 4.32. The summed E-state index contributed by atoms with van der Waals surface area (Å²) in [5.74, 6) is 0. The molecular formula is C18H20N2S. The summed E-state index contributed by atoms with van der Waals surface area (Å²) in [5, 5.41) is 6.12. The first-order valence-electron chi connectivity index (χ1n) is 7.48. The molecule has 0 saturated carbocycles. The van der Waals surface area contributed by atoms with E-state index in [9.17, 15) is 0 Å². The normalized spacial score (nSPS) is 12.7. The lowest BCUT2D eigenvalue weighted by atomic mass is 9.99. The maximum absolute atomic E-state index is 4.23. The molecule has 0 saturated heterocycles. The second kappa shape index (κ2) is 6.37. The first-order chi connectivity index (χ1) is 10.3. The van der Waals surface area contributed by atoms with Crippen molar-refractivity contribution < 1.29 is 0 Å². The number of thiophene rings is 1.